The summed E-state index contributed by atoms with van der Waals surface area (Å²) in [7, 11) is 0. The van der Waals surface area contributed by atoms with Gasteiger partial charge in [-0.15, -0.1) is 0 Å². The number of nitrogens with two attached hydrogens (primary N) is 1. The Labute approximate surface area is 167 Å². The van der Waals surface area contributed by atoms with Gasteiger partial charge in [0.1, 0.15) is 5.82 Å². The molecule has 1 saturated heterocycles. The highest BCUT2D eigenvalue weighted by molar-refractivity contribution is 5.79. The van der Waals surface area contributed by atoms with E-state index in [1.165, 1.54) is 6.42 Å². The molecule has 2 aliphatic rings. The predicted molar refractivity (Wildman–Crippen MR) is 109 cm³/mol. The highest BCUT2D eigenvalue weighted by Gasteiger charge is 2.26. The number of morpholine rings is 1. The maximum absolute atomic E-state index is 9.57. The van der Waals surface area contributed by atoms with Crippen molar-refractivity contribution in [1.29, 1.82) is 5.26 Å². The molecule has 0 spiro atoms. The Morgan fingerprint density at radius 1 is 1.18 bits per heavy atom. The Hall–Kier alpha value is -2.17. The summed E-state index contributed by atoms with van der Waals surface area (Å²) < 4.78 is 11.0. The zero-order chi connectivity index (χ0) is 19.8. The first-order chi connectivity index (χ1) is 13.7. The molecule has 7 heteroatoms. The second-order valence-electron chi connectivity index (χ2n) is 7.43. The number of unbranched alkanes of at least 4 members (excludes halogenated alkanes) is 3. The van der Waals surface area contributed by atoms with Crippen molar-refractivity contribution in [3.05, 3.63) is 16.8 Å². The van der Waals surface area contributed by atoms with Crippen molar-refractivity contribution >= 4 is 11.4 Å². The Bertz CT molecular complexity index is 735. The van der Waals surface area contributed by atoms with Gasteiger partial charge in [-0.05, 0) is 37.8 Å². The third-order valence-electron chi connectivity index (χ3n) is 5.39. The molecule has 0 atom stereocenters. The van der Waals surface area contributed by atoms with Gasteiger partial charge < -0.3 is 15.2 Å². The maximum atomic E-state index is 9.57. The highest BCUT2D eigenvalue weighted by Crippen LogP contribution is 2.37. The summed E-state index contributed by atoms with van der Waals surface area (Å²) in [6, 6.07) is 2.67. The van der Waals surface area contributed by atoms with Crippen molar-refractivity contribution in [2.75, 3.05) is 45.2 Å². The molecule has 2 N–H and O–H groups in total. The summed E-state index contributed by atoms with van der Waals surface area (Å²) >= 11 is 0. The number of hydrogen-bond donors (Lipinski definition) is 1. The van der Waals surface area contributed by atoms with Gasteiger partial charge in [-0.2, -0.15) is 15.2 Å². The van der Waals surface area contributed by atoms with E-state index in [1.54, 1.807) is 0 Å². The Balaban J connectivity index is 1.57. The van der Waals surface area contributed by atoms with Gasteiger partial charge in [-0.1, -0.05) is 19.8 Å². The Kier molecular flexibility index (Phi) is 7.63. The van der Waals surface area contributed by atoms with Crippen LogP contribution >= 0.6 is 0 Å². The van der Waals surface area contributed by atoms with Crippen LogP contribution in [-0.2, 0) is 11.2 Å². The van der Waals surface area contributed by atoms with Crippen LogP contribution in [0.25, 0.3) is 5.57 Å². The van der Waals surface area contributed by atoms with Gasteiger partial charge in [0.25, 0.3) is 0 Å². The van der Waals surface area contributed by atoms with Gasteiger partial charge >= 0.3 is 6.01 Å². The SMILES string of the molecule is CCCCOc1nc(N)c2c(n1)C(CCCCCN1CCOCC1)=C(C#N)C2. The number of nitrogen functional groups attached to an aromatic ring is 1. The summed E-state index contributed by atoms with van der Waals surface area (Å²) in [4.78, 5) is 11.3. The van der Waals surface area contributed by atoms with Crippen LogP contribution in [0.2, 0.25) is 0 Å². The number of rotatable bonds is 10. The van der Waals surface area contributed by atoms with Gasteiger partial charge in [0.2, 0.25) is 0 Å². The van der Waals surface area contributed by atoms with Crippen LogP contribution in [0.4, 0.5) is 5.82 Å². The van der Waals surface area contributed by atoms with Crippen LogP contribution in [-0.4, -0.2) is 54.3 Å². The van der Waals surface area contributed by atoms with E-state index in [0.29, 0.717) is 24.9 Å². The summed E-state index contributed by atoms with van der Waals surface area (Å²) in [6.07, 6.45) is 6.74. The number of fused-ring (bicyclic) bond motifs is 1. The van der Waals surface area contributed by atoms with Crippen LogP contribution in [0, 0.1) is 11.3 Å². The minimum Gasteiger partial charge on any atom is -0.463 e. The van der Waals surface area contributed by atoms with Crippen LogP contribution in [0.1, 0.15) is 56.7 Å². The monoisotopic (exact) mass is 385 g/mol. The molecule has 2 heterocycles. The molecule has 28 heavy (non-hydrogen) atoms. The molecule has 1 aliphatic heterocycles. The fourth-order valence-corrected chi connectivity index (χ4v) is 3.72. The fourth-order valence-electron chi connectivity index (χ4n) is 3.72. The standard InChI is InChI=1S/C21H31N5O2/c1-2-3-11-28-21-24-19-17(16(15-22)14-18(19)20(23)25-21)7-5-4-6-8-26-9-12-27-13-10-26/h2-14H2,1H3,(H2,23,24,25). The Morgan fingerprint density at radius 2 is 2.00 bits per heavy atom. The normalized spacial score (nSPS) is 16.9. The molecule has 1 aromatic heterocycles. The minimum absolute atomic E-state index is 0.328. The van der Waals surface area contributed by atoms with E-state index < -0.39 is 0 Å². The zero-order valence-corrected chi connectivity index (χ0v) is 16.9. The molecular weight excluding hydrogens is 354 g/mol. The van der Waals surface area contributed by atoms with E-state index in [-0.39, 0.29) is 0 Å². The first-order valence-corrected chi connectivity index (χ1v) is 10.4. The van der Waals surface area contributed by atoms with Crippen molar-refractivity contribution < 1.29 is 9.47 Å². The second kappa shape index (κ2) is 10.4. The molecule has 0 saturated carbocycles. The summed E-state index contributed by atoms with van der Waals surface area (Å²) in [5.41, 5.74) is 9.63. The number of nitriles is 1. The number of ether oxygens (including phenoxy) is 2. The van der Waals surface area contributed by atoms with E-state index in [2.05, 4.69) is 27.9 Å². The number of nitrogens with zero attached hydrogens (tertiary/aromatic N) is 4. The van der Waals surface area contributed by atoms with Crippen LogP contribution in [0.3, 0.4) is 0 Å². The third-order valence-corrected chi connectivity index (χ3v) is 5.39. The lowest BCUT2D eigenvalue weighted by Crippen LogP contribution is -2.36. The van der Waals surface area contributed by atoms with Crippen LogP contribution < -0.4 is 10.5 Å². The lowest BCUT2D eigenvalue weighted by molar-refractivity contribution is 0.0371. The number of allylic oxidation sites excluding steroid dienone is 2. The van der Waals surface area contributed by atoms with Gasteiger partial charge in [0.05, 0.1) is 31.6 Å². The first kappa shape index (κ1) is 20.6. The first-order valence-electron chi connectivity index (χ1n) is 10.4. The van der Waals surface area contributed by atoms with E-state index >= 15 is 0 Å². The summed E-state index contributed by atoms with van der Waals surface area (Å²) in [6.45, 7) is 7.58. The molecule has 0 aromatic carbocycles. The van der Waals surface area contributed by atoms with Crippen molar-refractivity contribution in [3.8, 4) is 12.1 Å². The van der Waals surface area contributed by atoms with Crippen molar-refractivity contribution in [3.63, 3.8) is 0 Å². The molecule has 0 amide bonds. The van der Waals surface area contributed by atoms with Gasteiger partial charge in [-0.25, -0.2) is 0 Å². The number of aromatic nitrogens is 2. The fraction of sp³-hybridized carbons (Fsp3) is 0.667. The lowest BCUT2D eigenvalue weighted by Gasteiger charge is -2.26. The molecule has 1 aromatic rings. The van der Waals surface area contributed by atoms with Crippen molar-refractivity contribution in [1.82, 2.24) is 14.9 Å². The molecule has 0 radical (unpaired) electrons. The predicted octanol–water partition coefficient (Wildman–Crippen LogP) is 2.96. The number of hydrogen-bond acceptors (Lipinski definition) is 7. The third kappa shape index (κ3) is 5.21. The molecule has 0 unspecified atom stereocenters. The molecule has 152 valence electrons. The smallest absolute Gasteiger partial charge is 0.318 e. The quantitative estimate of drug-likeness (QED) is 0.618. The van der Waals surface area contributed by atoms with Crippen LogP contribution in [0.5, 0.6) is 6.01 Å². The van der Waals surface area contributed by atoms with Crippen molar-refractivity contribution in [2.24, 2.45) is 0 Å². The summed E-state index contributed by atoms with van der Waals surface area (Å²) in [5.74, 6) is 0.437. The minimum atomic E-state index is 0.328. The summed E-state index contributed by atoms with van der Waals surface area (Å²) in [5, 5.41) is 9.57. The van der Waals surface area contributed by atoms with E-state index in [9.17, 15) is 5.26 Å². The zero-order valence-electron chi connectivity index (χ0n) is 16.9. The lowest BCUT2D eigenvalue weighted by atomic mass is 10.0. The van der Waals surface area contributed by atoms with E-state index in [0.717, 1.165) is 87.4 Å². The average molecular weight is 386 g/mol. The van der Waals surface area contributed by atoms with Gasteiger partial charge in [-0.3, -0.25) is 4.90 Å². The van der Waals surface area contributed by atoms with Crippen LogP contribution in [0.15, 0.2) is 5.57 Å². The molecule has 1 fully saturated rings. The molecule has 3 rings (SSSR count). The van der Waals surface area contributed by atoms with E-state index in [4.69, 9.17) is 15.2 Å². The van der Waals surface area contributed by atoms with E-state index in [1.807, 2.05) is 0 Å². The average Bonchev–Trinajstić information content (AvgIpc) is 3.07. The molecule has 7 nitrogen and oxygen atoms in total. The van der Waals surface area contributed by atoms with Gasteiger partial charge in [0.15, 0.2) is 0 Å². The van der Waals surface area contributed by atoms with Gasteiger partial charge in [0, 0.05) is 30.6 Å². The topological polar surface area (TPSA) is 97.3 Å². The highest BCUT2D eigenvalue weighted by atomic mass is 16.5. The van der Waals surface area contributed by atoms with Crippen molar-refractivity contribution in [2.45, 2.75) is 51.9 Å². The second-order valence-corrected chi connectivity index (χ2v) is 7.43. The number of anilines is 1. The maximum Gasteiger partial charge on any atom is 0.318 e. The Morgan fingerprint density at radius 3 is 2.75 bits per heavy atom. The molecule has 1 aliphatic carbocycles. The molecular formula is C21H31N5O2. The largest absolute Gasteiger partial charge is 0.463 e. The molecule has 0 bridgehead atoms.